The molecule has 4 aromatic rings. The highest BCUT2D eigenvalue weighted by Gasteiger charge is 2.19. The molecule has 1 aliphatic rings. The molecule has 154 valence electrons. The maximum atomic E-state index is 11.4. The number of nitrogens with zero attached hydrogens (tertiary/aromatic N) is 2. The fourth-order valence-electron chi connectivity index (χ4n) is 3.58. The molecule has 0 radical (unpaired) electrons. The monoisotopic (exact) mass is 413 g/mol. The second-order valence-corrected chi connectivity index (χ2v) is 7.00. The second kappa shape index (κ2) is 7.53. The maximum absolute atomic E-state index is 11.4. The molecule has 2 heterocycles. The number of fused-ring (bicyclic) bond motifs is 1. The zero-order chi connectivity index (χ0) is 21.4. The van der Waals surface area contributed by atoms with E-state index in [0.29, 0.717) is 28.6 Å². The largest absolute Gasteiger partial charge is 0.496 e. The molecule has 1 amide bonds. The molecule has 0 bridgehead atoms. The minimum absolute atomic E-state index is 0.208. The smallest absolute Gasteiger partial charge is 0.248 e. The summed E-state index contributed by atoms with van der Waals surface area (Å²) in [6, 6.07) is 20.5. The van der Waals surface area contributed by atoms with Crippen LogP contribution in [0.4, 0.5) is 0 Å². The van der Waals surface area contributed by atoms with Crippen molar-refractivity contribution < 1.29 is 19.0 Å². The van der Waals surface area contributed by atoms with Crippen LogP contribution in [0.5, 0.6) is 17.2 Å². The zero-order valence-electron chi connectivity index (χ0n) is 16.7. The number of carbonyl (C=O) groups excluding carboxylic acids is 1. The molecule has 0 saturated heterocycles. The van der Waals surface area contributed by atoms with Crippen LogP contribution in [0.1, 0.15) is 10.4 Å². The van der Waals surface area contributed by atoms with E-state index in [-0.39, 0.29) is 6.79 Å². The van der Waals surface area contributed by atoms with Crippen molar-refractivity contribution in [3.8, 4) is 45.6 Å². The molecule has 7 nitrogen and oxygen atoms in total. The van der Waals surface area contributed by atoms with Gasteiger partial charge in [-0.3, -0.25) is 9.36 Å². The Labute approximate surface area is 178 Å². The number of primary amides is 1. The number of ether oxygens (including phenoxy) is 3. The molecule has 31 heavy (non-hydrogen) atoms. The molecular weight excluding hydrogens is 394 g/mol. The van der Waals surface area contributed by atoms with Crippen LogP contribution in [-0.4, -0.2) is 29.4 Å². The number of hydrogen-bond acceptors (Lipinski definition) is 5. The Kier molecular flexibility index (Phi) is 4.55. The minimum Gasteiger partial charge on any atom is -0.496 e. The predicted molar refractivity (Wildman–Crippen MR) is 116 cm³/mol. The number of nitrogens with two attached hydrogens (primary N) is 1. The number of rotatable bonds is 5. The van der Waals surface area contributed by atoms with E-state index in [4.69, 9.17) is 24.9 Å². The highest BCUT2D eigenvalue weighted by Crippen LogP contribution is 2.37. The van der Waals surface area contributed by atoms with Crippen LogP contribution in [0, 0.1) is 0 Å². The van der Waals surface area contributed by atoms with Crippen molar-refractivity contribution in [3.05, 3.63) is 78.5 Å². The summed E-state index contributed by atoms with van der Waals surface area (Å²) >= 11 is 0. The summed E-state index contributed by atoms with van der Waals surface area (Å²) in [7, 11) is 1.64. The maximum Gasteiger partial charge on any atom is 0.248 e. The second-order valence-electron chi connectivity index (χ2n) is 7.00. The van der Waals surface area contributed by atoms with Crippen LogP contribution < -0.4 is 19.9 Å². The number of carbonyl (C=O) groups is 1. The van der Waals surface area contributed by atoms with Crippen molar-refractivity contribution in [3.63, 3.8) is 0 Å². The zero-order valence-corrected chi connectivity index (χ0v) is 16.7. The molecule has 0 saturated carbocycles. The normalized spacial score (nSPS) is 12.0. The van der Waals surface area contributed by atoms with E-state index in [2.05, 4.69) is 0 Å². The van der Waals surface area contributed by atoms with Gasteiger partial charge in [0.25, 0.3) is 0 Å². The highest BCUT2D eigenvalue weighted by atomic mass is 16.7. The van der Waals surface area contributed by atoms with Crippen LogP contribution >= 0.6 is 0 Å². The predicted octanol–water partition coefficient (Wildman–Crippen LogP) is 4.04. The molecule has 0 atom stereocenters. The first kappa shape index (κ1) is 18.7. The van der Waals surface area contributed by atoms with Crippen LogP contribution in [-0.2, 0) is 0 Å². The third-order valence-electron chi connectivity index (χ3n) is 5.15. The van der Waals surface area contributed by atoms with Crippen molar-refractivity contribution in [1.82, 2.24) is 9.55 Å². The molecule has 5 rings (SSSR count). The molecule has 0 fully saturated rings. The van der Waals surface area contributed by atoms with Gasteiger partial charge in [-0.2, -0.15) is 0 Å². The summed E-state index contributed by atoms with van der Waals surface area (Å²) in [5, 5.41) is 0. The topological polar surface area (TPSA) is 88.6 Å². The number of imidazole rings is 1. The summed E-state index contributed by atoms with van der Waals surface area (Å²) in [4.78, 5) is 16.3. The number of para-hydroxylation sites is 1. The van der Waals surface area contributed by atoms with Gasteiger partial charge in [-0.1, -0.05) is 24.3 Å². The SMILES string of the molecule is COc1ccccc1-c1nc(-c2ccc(C(N)=O)cc2)cn1-c1ccc2c(c1)OCO2. The minimum atomic E-state index is -0.466. The van der Waals surface area contributed by atoms with E-state index in [1.165, 1.54) is 0 Å². The van der Waals surface area contributed by atoms with Gasteiger partial charge in [0.1, 0.15) is 11.6 Å². The van der Waals surface area contributed by atoms with E-state index >= 15 is 0 Å². The third-order valence-corrected chi connectivity index (χ3v) is 5.15. The average Bonchev–Trinajstić information content (AvgIpc) is 3.46. The quantitative estimate of drug-likeness (QED) is 0.533. The molecule has 2 N–H and O–H groups in total. The van der Waals surface area contributed by atoms with Gasteiger partial charge in [-0.25, -0.2) is 4.98 Å². The molecule has 0 unspecified atom stereocenters. The Morgan fingerprint density at radius 3 is 2.58 bits per heavy atom. The molecule has 3 aromatic carbocycles. The first-order chi connectivity index (χ1) is 15.1. The van der Waals surface area contributed by atoms with Crippen LogP contribution in [0.3, 0.4) is 0 Å². The van der Waals surface area contributed by atoms with Gasteiger partial charge in [-0.15, -0.1) is 0 Å². The summed E-state index contributed by atoms with van der Waals surface area (Å²) in [6.45, 7) is 0.208. The van der Waals surface area contributed by atoms with Gasteiger partial charge in [0.15, 0.2) is 11.5 Å². The fourth-order valence-corrected chi connectivity index (χ4v) is 3.58. The summed E-state index contributed by atoms with van der Waals surface area (Å²) in [6.07, 6.45) is 1.94. The Balaban J connectivity index is 1.67. The molecule has 0 aliphatic carbocycles. The summed E-state index contributed by atoms with van der Waals surface area (Å²) < 4.78 is 18.6. The lowest BCUT2D eigenvalue weighted by molar-refractivity contribution is 0.100. The Morgan fingerprint density at radius 1 is 1.03 bits per heavy atom. The Hall–Kier alpha value is -4.26. The van der Waals surface area contributed by atoms with Gasteiger partial charge in [0.05, 0.1) is 24.1 Å². The molecule has 0 spiro atoms. The van der Waals surface area contributed by atoms with Crippen molar-refractivity contribution in [2.45, 2.75) is 0 Å². The van der Waals surface area contributed by atoms with Crippen molar-refractivity contribution in [1.29, 1.82) is 0 Å². The summed E-state index contributed by atoms with van der Waals surface area (Å²) in [5.41, 5.74) is 9.14. The Bertz CT molecular complexity index is 1280. The standard InChI is InChI=1S/C24H19N3O4/c1-29-20-5-3-2-4-18(20)24-26-19(15-6-8-16(9-7-15)23(25)28)13-27(24)17-10-11-21-22(12-17)31-14-30-21/h2-13H,14H2,1H3,(H2,25,28). The molecular formula is C24H19N3O4. The highest BCUT2D eigenvalue weighted by molar-refractivity contribution is 5.93. The molecule has 7 heteroatoms. The number of methoxy groups -OCH3 is 1. The van der Waals surface area contributed by atoms with E-state index in [1.54, 1.807) is 19.2 Å². The Morgan fingerprint density at radius 2 is 1.81 bits per heavy atom. The van der Waals surface area contributed by atoms with E-state index in [1.807, 2.05) is 65.4 Å². The van der Waals surface area contributed by atoms with E-state index < -0.39 is 5.91 Å². The van der Waals surface area contributed by atoms with Crippen molar-refractivity contribution >= 4 is 5.91 Å². The van der Waals surface area contributed by atoms with Gasteiger partial charge < -0.3 is 19.9 Å². The van der Waals surface area contributed by atoms with Crippen LogP contribution in [0.25, 0.3) is 28.3 Å². The fraction of sp³-hybridized carbons (Fsp3) is 0.0833. The summed E-state index contributed by atoms with van der Waals surface area (Å²) in [5.74, 6) is 2.36. The number of hydrogen-bond donors (Lipinski definition) is 1. The van der Waals surface area contributed by atoms with E-state index in [0.717, 1.165) is 22.5 Å². The lowest BCUT2D eigenvalue weighted by Gasteiger charge is -2.11. The first-order valence-electron chi connectivity index (χ1n) is 9.67. The lowest BCUT2D eigenvalue weighted by Crippen LogP contribution is -2.10. The van der Waals surface area contributed by atoms with Crippen molar-refractivity contribution in [2.24, 2.45) is 5.73 Å². The van der Waals surface area contributed by atoms with Gasteiger partial charge in [-0.05, 0) is 36.4 Å². The van der Waals surface area contributed by atoms with Gasteiger partial charge >= 0.3 is 0 Å². The van der Waals surface area contributed by atoms with Gasteiger partial charge in [0.2, 0.25) is 12.7 Å². The van der Waals surface area contributed by atoms with E-state index in [9.17, 15) is 4.79 Å². The number of aromatic nitrogens is 2. The third kappa shape index (κ3) is 3.36. The van der Waals surface area contributed by atoms with Crippen LogP contribution in [0.2, 0.25) is 0 Å². The molecule has 1 aromatic heterocycles. The van der Waals surface area contributed by atoms with Gasteiger partial charge in [0, 0.05) is 23.4 Å². The number of amides is 1. The van der Waals surface area contributed by atoms with Crippen molar-refractivity contribution in [2.75, 3.05) is 13.9 Å². The number of benzene rings is 3. The lowest BCUT2D eigenvalue weighted by atomic mass is 10.1. The molecule has 1 aliphatic heterocycles. The van der Waals surface area contributed by atoms with Crippen LogP contribution in [0.15, 0.2) is 72.9 Å². The average molecular weight is 413 g/mol. The first-order valence-corrected chi connectivity index (χ1v) is 9.67.